The number of hydrogen-bond acceptors (Lipinski definition) is 5. The number of non-ortho nitro benzene ring substituents is 1. The molecule has 0 aliphatic rings. The summed E-state index contributed by atoms with van der Waals surface area (Å²) in [5.41, 5.74) is 6.39. The number of benzene rings is 2. The first-order valence-electron chi connectivity index (χ1n) is 7.80. The molecule has 0 spiro atoms. The highest BCUT2D eigenvalue weighted by atomic mass is 16.6. The average Bonchev–Trinajstić information content (AvgIpc) is 3.07. The number of H-pyrrole nitrogens is 1. The first-order valence-corrected chi connectivity index (χ1v) is 7.80. The molecule has 3 aromatic rings. The van der Waals surface area contributed by atoms with E-state index in [4.69, 9.17) is 0 Å². The summed E-state index contributed by atoms with van der Waals surface area (Å²) in [6.07, 6.45) is 0.536. The van der Waals surface area contributed by atoms with Crippen LogP contribution < -0.4 is 10.9 Å². The van der Waals surface area contributed by atoms with Crippen LogP contribution in [0, 0.1) is 10.1 Å². The number of imidazole rings is 1. The van der Waals surface area contributed by atoms with Gasteiger partial charge in [-0.1, -0.05) is 12.1 Å². The van der Waals surface area contributed by atoms with Crippen LogP contribution in [0.1, 0.15) is 22.6 Å². The minimum absolute atomic E-state index is 0.114. The summed E-state index contributed by atoms with van der Waals surface area (Å²) < 4.78 is 0. The summed E-state index contributed by atoms with van der Waals surface area (Å²) in [6.45, 7) is 0. The molecule has 1 heterocycles. The quantitative estimate of drug-likeness (QED) is 0.476. The molecule has 0 atom stereocenters. The number of nitro groups is 1. The number of aryl methyl sites for hydroxylation is 1. The number of hydrazine groups is 1. The number of aromatic amines is 1. The zero-order valence-electron chi connectivity index (χ0n) is 13.6. The largest absolute Gasteiger partial charge is 0.342 e. The molecule has 9 nitrogen and oxygen atoms in total. The lowest BCUT2D eigenvalue weighted by Crippen LogP contribution is -2.41. The number of carbonyl (C=O) groups is 2. The van der Waals surface area contributed by atoms with Gasteiger partial charge in [-0.2, -0.15) is 0 Å². The Bertz CT molecular complexity index is 932. The van der Waals surface area contributed by atoms with Crippen molar-refractivity contribution in [2.75, 3.05) is 0 Å². The van der Waals surface area contributed by atoms with Crippen LogP contribution in [0.3, 0.4) is 0 Å². The van der Waals surface area contributed by atoms with Gasteiger partial charge in [0.05, 0.1) is 16.0 Å². The van der Waals surface area contributed by atoms with Gasteiger partial charge in [0.15, 0.2) is 0 Å². The Morgan fingerprint density at radius 3 is 2.50 bits per heavy atom. The standard InChI is InChI=1S/C17H15N5O4/c23-16(10-9-15-18-13-3-1-2-4-14(13)19-15)20-21-17(24)11-5-7-12(8-6-11)22(25)26/h1-8H,9-10H2,(H,18,19)(H,20,23)(H,21,24). The smallest absolute Gasteiger partial charge is 0.269 e. The van der Waals surface area contributed by atoms with Gasteiger partial charge in [0.1, 0.15) is 5.82 Å². The predicted molar refractivity (Wildman–Crippen MR) is 93.1 cm³/mol. The van der Waals surface area contributed by atoms with Crippen molar-refractivity contribution < 1.29 is 14.5 Å². The lowest BCUT2D eigenvalue weighted by molar-refractivity contribution is -0.384. The molecule has 0 bridgehead atoms. The third-order valence-corrected chi connectivity index (χ3v) is 3.68. The number of rotatable bonds is 5. The van der Waals surface area contributed by atoms with Crippen LogP contribution in [0.5, 0.6) is 0 Å². The second kappa shape index (κ2) is 7.43. The number of nitro benzene ring substituents is 1. The van der Waals surface area contributed by atoms with E-state index in [1.165, 1.54) is 24.3 Å². The predicted octanol–water partition coefficient (Wildman–Crippen LogP) is 1.86. The van der Waals surface area contributed by atoms with Crippen molar-refractivity contribution in [3.8, 4) is 0 Å². The lowest BCUT2D eigenvalue weighted by Gasteiger charge is -2.06. The Morgan fingerprint density at radius 1 is 1.08 bits per heavy atom. The molecule has 3 rings (SSSR count). The third-order valence-electron chi connectivity index (χ3n) is 3.68. The lowest BCUT2D eigenvalue weighted by atomic mass is 10.2. The molecule has 1 aromatic heterocycles. The Kier molecular flexibility index (Phi) is 4.88. The minimum Gasteiger partial charge on any atom is -0.342 e. The topological polar surface area (TPSA) is 130 Å². The molecule has 9 heteroatoms. The van der Waals surface area contributed by atoms with Crippen molar-refractivity contribution in [2.45, 2.75) is 12.8 Å². The van der Waals surface area contributed by atoms with E-state index in [1.807, 2.05) is 24.3 Å². The Balaban J connectivity index is 1.48. The van der Waals surface area contributed by atoms with Crippen LogP contribution in [0.2, 0.25) is 0 Å². The van der Waals surface area contributed by atoms with Gasteiger partial charge in [0.2, 0.25) is 5.91 Å². The second-order valence-corrected chi connectivity index (χ2v) is 5.51. The van der Waals surface area contributed by atoms with E-state index in [-0.39, 0.29) is 23.6 Å². The molecule has 26 heavy (non-hydrogen) atoms. The number of nitrogens with zero attached hydrogens (tertiary/aromatic N) is 2. The number of carbonyl (C=O) groups excluding carboxylic acids is 2. The number of amides is 2. The molecule has 0 saturated heterocycles. The monoisotopic (exact) mass is 353 g/mol. The minimum atomic E-state index is -0.558. The van der Waals surface area contributed by atoms with Gasteiger partial charge in [-0.15, -0.1) is 0 Å². The summed E-state index contributed by atoms with van der Waals surface area (Å²) in [7, 11) is 0. The molecular formula is C17H15N5O4. The molecule has 0 unspecified atom stereocenters. The third kappa shape index (κ3) is 4.01. The van der Waals surface area contributed by atoms with Crippen molar-refractivity contribution in [3.05, 3.63) is 70.0 Å². The van der Waals surface area contributed by atoms with Crippen LogP contribution in [-0.4, -0.2) is 26.7 Å². The maximum Gasteiger partial charge on any atom is 0.269 e. The molecule has 0 aliphatic heterocycles. The van der Waals surface area contributed by atoms with Crippen LogP contribution in [0.25, 0.3) is 11.0 Å². The van der Waals surface area contributed by atoms with E-state index < -0.39 is 10.8 Å². The Labute approximate surface area is 147 Å². The molecule has 132 valence electrons. The van der Waals surface area contributed by atoms with Crippen molar-refractivity contribution in [2.24, 2.45) is 0 Å². The van der Waals surface area contributed by atoms with Gasteiger partial charge in [-0.3, -0.25) is 30.6 Å². The van der Waals surface area contributed by atoms with E-state index in [2.05, 4.69) is 20.8 Å². The molecule has 0 radical (unpaired) electrons. The Morgan fingerprint density at radius 2 is 1.81 bits per heavy atom. The highest BCUT2D eigenvalue weighted by molar-refractivity contribution is 5.95. The molecule has 2 amide bonds. The fourth-order valence-corrected chi connectivity index (χ4v) is 2.35. The molecule has 0 aliphatic carbocycles. The molecule has 2 aromatic carbocycles. The van der Waals surface area contributed by atoms with E-state index in [0.29, 0.717) is 12.2 Å². The summed E-state index contributed by atoms with van der Waals surface area (Å²) in [6, 6.07) is 12.6. The van der Waals surface area contributed by atoms with E-state index >= 15 is 0 Å². The van der Waals surface area contributed by atoms with Crippen molar-refractivity contribution in [3.63, 3.8) is 0 Å². The maximum absolute atomic E-state index is 11.9. The van der Waals surface area contributed by atoms with Gasteiger partial charge in [-0.05, 0) is 24.3 Å². The van der Waals surface area contributed by atoms with E-state index in [9.17, 15) is 19.7 Å². The van der Waals surface area contributed by atoms with Crippen molar-refractivity contribution >= 4 is 28.5 Å². The maximum atomic E-state index is 11.9. The van der Waals surface area contributed by atoms with Crippen LogP contribution in [-0.2, 0) is 11.2 Å². The van der Waals surface area contributed by atoms with E-state index in [0.717, 1.165) is 11.0 Å². The summed E-state index contributed by atoms with van der Waals surface area (Å²) >= 11 is 0. The fourth-order valence-electron chi connectivity index (χ4n) is 2.35. The van der Waals surface area contributed by atoms with Crippen molar-refractivity contribution in [1.29, 1.82) is 0 Å². The first kappa shape index (κ1) is 17.1. The number of aromatic nitrogens is 2. The van der Waals surface area contributed by atoms with Gasteiger partial charge in [0, 0.05) is 30.5 Å². The number of hydrogen-bond donors (Lipinski definition) is 3. The first-order chi connectivity index (χ1) is 12.5. The zero-order valence-corrected chi connectivity index (χ0v) is 13.6. The van der Waals surface area contributed by atoms with Gasteiger partial charge >= 0.3 is 0 Å². The summed E-state index contributed by atoms with van der Waals surface area (Å²) in [5.74, 6) is -0.249. The van der Waals surface area contributed by atoms with Gasteiger partial charge < -0.3 is 4.98 Å². The highest BCUT2D eigenvalue weighted by Crippen LogP contribution is 2.12. The number of fused-ring (bicyclic) bond motifs is 1. The summed E-state index contributed by atoms with van der Waals surface area (Å²) in [4.78, 5) is 41.3. The van der Waals surface area contributed by atoms with Crippen LogP contribution in [0.15, 0.2) is 48.5 Å². The number of nitrogens with one attached hydrogen (secondary N) is 3. The van der Waals surface area contributed by atoms with Crippen LogP contribution >= 0.6 is 0 Å². The summed E-state index contributed by atoms with van der Waals surface area (Å²) in [5, 5.41) is 10.6. The molecule has 0 fully saturated rings. The molecule has 3 N–H and O–H groups in total. The van der Waals surface area contributed by atoms with E-state index in [1.54, 1.807) is 0 Å². The Hall–Kier alpha value is -3.75. The molecular weight excluding hydrogens is 338 g/mol. The SMILES string of the molecule is O=C(CCc1nc2ccccc2[nH]1)NNC(=O)c1ccc([N+](=O)[O-])cc1. The highest BCUT2D eigenvalue weighted by Gasteiger charge is 2.11. The zero-order chi connectivity index (χ0) is 18.5. The second-order valence-electron chi connectivity index (χ2n) is 5.51. The fraction of sp³-hybridized carbons (Fsp3) is 0.118. The normalized spacial score (nSPS) is 10.5. The van der Waals surface area contributed by atoms with Gasteiger partial charge in [0.25, 0.3) is 11.6 Å². The van der Waals surface area contributed by atoms with Crippen molar-refractivity contribution in [1.82, 2.24) is 20.8 Å². The molecule has 0 saturated carbocycles. The van der Waals surface area contributed by atoms with Crippen LogP contribution in [0.4, 0.5) is 5.69 Å². The van der Waals surface area contributed by atoms with Gasteiger partial charge in [-0.25, -0.2) is 4.98 Å². The number of para-hydroxylation sites is 2. The average molecular weight is 353 g/mol.